The maximum atomic E-state index is 5.50. The summed E-state index contributed by atoms with van der Waals surface area (Å²) in [4.78, 5) is 0. The number of nitrogens with two attached hydrogens (primary N) is 1. The van der Waals surface area contributed by atoms with Crippen molar-refractivity contribution in [3.8, 4) is 11.5 Å². The van der Waals surface area contributed by atoms with Crippen LogP contribution in [0.4, 0.5) is 0 Å². The average molecular weight is 225 g/mol. The van der Waals surface area contributed by atoms with Gasteiger partial charge in [0.1, 0.15) is 18.1 Å². The molecule has 4 heteroatoms. The molecule has 1 aromatic carbocycles. The summed E-state index contributed by atoms with van der Waals surface area (Å²) in [5.41, 5.74) is 5.42. The van der Waals surface area contributed by atoms with Gasteiger partial charge in [-0.2, -0.15) is 0 Å². The van der Waals surface area contributed by atoms with E-state index in [-0.39, 0.29) is 6.10 Å². The molecule has 0 spiro atoms. The highest BCUT2D eigenvalue weighted by Gasteiger charge is 1.99. The maximum absolute atomic E-state index is 5.50. The molecule has 0 amide bonds. The van der Waals surface area contributed by atoms with Gasteiger partial charge in [-0.15, -0.1) is 0 Å². The predicted octanol–water partition coefficient (Wildman–Crippen LogP) is 1.44. The third kappa shape index (κ3) is 4.51. The molecule has 0 radical (unpaired) electrons. The van der Waals surface area contributed by atoms with Gasteiger partial charge in [0.25, 0.3) is 0 Å². The Kier molecular flexibility index (Phi) is 5.67. The largest absolute Gasteiger partial charge is 0.497 e. The molecule has 1 aromatic rings. The van der Waals surface area contributed by atoms with Crippen LogP contribution in [0.2, 0.25) is 0 Å². The molecule has 0 fully saturated rings. The zero-order valence-corrected chi connectivity index (χ0v) is 9.81. The molecule has 90 valence electrons. The number of hydrogen-bond acceptors (Lipinski definition) is 4. The van der Waals surface area contributed by atoms with Gasteiger partial charge >= 0.3 is 0 Å². The lowest BCUT2D eigenvalue weighted by Crippen LogP contribution is -2.22. The predicted molar refractivity (Wildman–Crippen MR) is 63.0 cm³/mol. The Morgan fingerprint density at radius 2 is 2.00 bits per heavy atom. The lowest BCUT2D eigenvalue weighted by molar-refractivity contribution is 0.0496. The molecule has 0 aliphatic carbocycles. The van der Waals surface area contributed by atoms with E-state index in [0.717, 1.165) is 11.5 Å². The van der Waals surface area contributed by atoms with Gasteiger partial charge in [-0.3, -0.25) is 0 Å². The molecule has 1 rings (SSSR count). The first-order valence-corrected chi connectivity index (χ1v) is 5.34. The first-order chi connectivity index (χ1) is 7.76. The van der Waals surface area contributed by atoms with Gasteiger partial charge in [0.05, 0.1) is 19.8 Å². The minimum Gasteiger partial charge on any atom is -0.497 e. The highest BCUT2D eigenvalue weighted by atomic mass is 16.5. The number of rotatable bonds is 7. The van der Waals surface area contributed by atoms with Crippen LogP contribution < -0.4 is 15.2 Å². The fraction of sp³-hybridized carbons (Fsp3) is 0.500. The molecule has 1 atom stereocenters. The van der Waals surface area contributed by atoms with E-state index < -0.39 is 0 Å². The van der Waals surface area contributed by atoms with E-state index in [1.807, 2.05) is 31.2 Å². The van der Waals surface area contributed by atoms with Crippen LogP contribution in [0.3, 0.4) is 0 Å². The van der Waals surface area contributed by atoms with E-state index in [4.69, 9.17) is 19.9 Å². The van der Waals surface area contributed by atoms with Gasteiger partial charge < -0.3 is 19.9 Å². The van der Waals surface area contributed by atoms with Crippen LogP contribution >= 0.6 is 0 Å². The summed E-state index contributed by atoms with van der Waals surface area (Å²) in [6.07, 6.45) is 0.0777. The fourth-order valence-electron chi connectivity index (χ4n) is 1.17. The number of methoxy groups -OCH3 is 1. The Morgan fingerprint density at radius 1 is 1.25 bits per heavy atom. The fourth-order valence-corrected chi connectivity index (χ4v) is 1.17. The molecule has 0 aliphatic heterocycles. The first-order valence-electron chi connectivity index (χ1n) is 5.34. The Labute approximate surface area is 96.3 Å². The Bertz CT molecular complexity index is 304. The topological polar surface area (TPSA) is 53.7 Å². The molecule has 0 heterocycles. The molecule has 1 unspecified atom stereocenters. The Hall–Kier alpha value is -1.26. The van der Waals surface area contributed by atoms with Crippen molar-refractivity contribution in [2.24, 2.45) is 5.73 Å². The molecule has 16 heavy (non-hydrogen) atoms. The second-order valence-electron chi connectivity index (χ2n) is 3.44. The van der Waals surface area contributed by atoms with Crippen molar-refractivity contribution in [2.45, 2.75) is 13.0 Å². The molecule has 0 bridgehead atoms. The minimum absolute atomic E-state index is 0.0777. The number of benzene rings is 1. The van der Waals surface area contributed by atoms with Gasteiger partial charge in [0.2, 0.25) is 0 Å². The molecule has 0 aromatic heterocycles. The molecule has 0 aliphatic rings. The maximum Gasteiger partial charge on any atom is 0.123 e. The van der Waals surface area contributed by atoms with Crippen LogP contribution in [0, 0.1) is 0 Å². The summed E-state index contributed by atoms with van der Waals surface area (Å²) >= 11 is 0. The van der Waals surface area contributed by atoms with E-state index >= 15 is 0 Å². The highest BCUT2D eigenvalue weighted by molar-refractivity contribution is 5.32. The smallest absolute Gasteiger partial charge is 0.123 e. The summed E-state index contributed by atoms with van der Waals surface area (Å²) in [5.74, 6) is 1.57. The van der Waals surface area contributed by atoms with Crippen LogP contribution in [0.15, 0.2) is 24.3 Å². The van der Waals surface area contributed by atoms with Crippen LogP contribution in [-0.2, 0) is 4.74 Å². The Balaban J connectivity index is 2.26. The minimum atomic E-state index is 0.0777. The van der Waals surface area contributed by atoms with Crippen molar-refractivity contribution >= 4 is 0 Å². The average Bonchev–Trinajstić information content (AvgIpc) is 2.34. The lowest BCUT2D eigenvalue weighted by Gasteiger charge is -2.11. The normalized spacial score (nSPS) is 12.2. The van der Waals surface area contributed by atoms with Crippen molar-refractivity contribution in [3.63, 3.8) is 0 Å². The summed E-state index contributed by atoms with van der Waals surface area (Å²) < 4.78 is 16.0. The van der Waals surface area contributed by atoms with Crippen LogP contribution in [0.1, 0.15) is 6.92 Å². The van der Waals surface area contributed by atoms with E-state index in [9.17, 15) is 0 Å². The second kappa shape index (κ2) is 7.09. The molecule has 0 saturated carbocycles. The standard InChI is InChI=1S/C12H19NO3/c1-10(9-13)15-6-7-16-12-5-3-4-11(8-12)14-2/h3-5,8,10H,6-7,9,13H2,1-2H3. The van der Waals surface area contributed by atoms with Crippen molar-refractivity contribution in [1.82, 2.24) is 0 Å². The van der Waals surface area contributed by atoms with E-state index in [0.29, 0.717) is 19.8 Å². The van der Waals surface area contributed by atoms with Gasteiger partial charge in [0.15, 0.2) is 0 Å². The second-order valence-corrected chi connectivity index (χ2v) is 3.44. The van der Waals surface area contributed by atoms with Gasteiger partial charge in [-0.25, -0.2) is 0 Å². The third-order valence-electron chi connectivity index (χ3n) is 2.13. The molecule has 0 saturated heterocycles. The van der Waals surface area contributed by atoms with Gasteiger partial charge in [-0.05, 0) is 19.1 Å². The van der Waals surface area contributed by atoms with Crippen molar-refractivity contribution in [1.29, 1.82) is 0 Å². The van der Waals surface area contributed by atoms with Crippen LogP contribution in [0.25, 0.3) is 0 Å². The lowest BCUT2D eigenvalue weighted by atomic mass is 10.3. The molecule has 2 N–H and O–H groups in total. The molecular weight excluding hydrogens is 206 g/mol. The van der Waals surface area contributed by atoms with Gasteiger partial charge in [-0.1, -0.05) is 6.07 Å². The Morgan fingerprint density at radius 3 is 2.69 bits per heavy atom. The molecule has 4 nitrogen and oxygen atoms in total. The van der Waals surface area contributed by atoms with Crippen LogP contribution in [0.5, 0.6) is 11.5 Å². The zero-order valence-electron chi connectivity index (χ0n) is 9.81. The van der Waals surface area contributed by atoms with Crippen molar-refractivity contribution in [2.75, 3.05) is 26.9 Å². The van der Waals surface area contributed by atoms with Gasteiger partial charge in [0, 0.05) is 12.6 Å². The monoisotopic (exact) mass is 225 g/mol. The third-order valence-corrected chi connectivity index (χ3v) is 2.13. The van der Waals surface area contributed by atoms with E-state index in [1.165, 1.54) is 0 Å². The van der Waals surface area contributed by atoms with E-state index in [1.54, 1.807) is 7.11 Å². The van der Waals surface area contributed by atoms with Crippen LogP contribution in [-0.4, -0.2) is 33.0 Å². The number of hydrogen-bond donors (Lipinski definition) is 1. The molecular formula is C12H19NO3. The number of ether oxygens (including phenoxy) is 3. The zero-order chi connectivity index (χ0) is 11.8. The highest BCUT2D eigenvalue weighted by Crippen LogP contribution is 2.18. The first kappa shape index (κ1) is 12.8. The summed E-state index contributed by atoms with van der Waals surface area (Å²) in [6, 6.07) is 7.48. The summed E-state index contributed by atoms with van der Waals surface area (Å²) in [7, 11) is 1.63. The van der Waals surface area contributed by atoms with Crippen molar-refractivity contribution < 1.29 is 14.2 Å². The summed E-state index contributed by atoms with van der Waals surface area (Å²) in [5, 5.41) is 0. The quantitative estimate of drug-likeness (QED) is 0.713. The SMILES string of the molecule is COc1cccc(OCCOC(C)CN)c1. The van der Waals surface area contributed by atoms with E-state index in [2.05, 4.69) is 0 Å². The van der Waals surface area contributed by atoms with Crippen molar-refractivity contribution in [3.05, 3.63) is 24.3 Å². The summed E-state index contributed by atoms with van der Waals surface area (Å²) in [6.45, 7) is 3.51.